The zero-order chi connectivity index (χ0) is 13.0. The maximum absolute atomic E-state index is 9.60. The highest BCUT2D eigenvalue weighted by atomic mass is 16.5. The second kappa shape index (κ2) is 5.64. The van der Waals surface area contributed by atoms with Crippen molar-refractivity contribution in [1.29, 1.82) is 0 Å². The fourth-order valence-corrected chi connectivity index (χ4v) is 1.67. The predicted molar refractivity (Wildman–Crippen MR) is 65.3 cm³/mol. The van der Waals surface area contributed by atoms with Crippen molar-refractivity contribution >= 4 is 0 Å². The minimum absolute atomic E-state index is 0.336. The SMILES string of the molecule is CCC(O)c1noc(Cc2ccccc2OC)n1. The number of aliphatic hydroxyl groups is 1. The second-order valence-corrected chi connectivity index (χ2v) is 3.96. The summed E-state index contributed by atoms with van der Waals surface area (Å²) in [6.07, 6.45) is 0.390. The molecular weight excluding hydrogens is 232 g/mol. The van der Waals surface area contributed by atoms with Crippen LogP contribution in [0.1, 0.15) is 36.7 Å². The molecule has 0 aliphatic carbocycles. The van der Waals surface area contributed by atoms with Gasteiger partial charge >= 0.3 is 0 Å². The first-order valence-electron chi connectivity index (χ1n) is 5.87. The van der Waals surface area contributed by atoms with Crippen LogP contribution >= 0.6 is 0 Å². The summed E-state index contributed by atoms with van der Waals surface area (Å²) < 4.78 is 10.4. The van der Waals surface area contributed by atoms with E-state index in [2.05, 4.69) is 10.1 Å². The van der Waals surface area contributed by atoms with E-state index in [9.17, 15) is 5.11 Å². The summed E-state index contributed by atoms with van der Waals surface area (Å²) in [7, 11) is 1.62. The number of nitrogens with zero attached hydrogens (tertiary/aromatic N) is 2. The van der Waals surface area contributed by atoms with E-state index in [1.54, 1.807) is 7.11 Å². The molecule has 2 rings (SSSR count). The van der Waals surface area contributed by atoms with Gasteiger partial charge in [0, 0.05) is 5.56 Å². The molecule has 0 amide bonds. The van der Waals surface area contributed by atoms with Crippen LogP contribution in [0.2, 0.25) is 0 Å². The van der Waals surface area contributed by atoms with Gasteiger partial charge < -0.3 is 14.4 Å². The first-order chi connectivity index (χ1) is 8.74. The van der Waals surface area contributed by atoms with Crippen LogP contribution in [0.3, 0.4) is 0 Å². The zero-order valence-electron chi connectivity index (χ0n) is 10.5. The van der Waals surface area contributed by atoms with Crippen LogP contribution in [0.15, 0.2) is 28.8 Å². The molecule has 18 heavy (non-hydrogen) atoms. The number of ether oxygens (including phenoxy) is 1. The fraction of sp³-hybridized carbons (Fsp3) is 0.385. The third-order valence-electron chi connectivity index (χ3n) is 2.70. The van der Waals surface area contributed by atoms with Crippen molar-refractivity contribution in [2.75, 3.05) is 7.11 Å². The lowest BCUT2D eigenvalue weighted by molar-refractivity contribution is 0.159. The molecule has 1 atom stereocenters. The highest BCUT2D eigenvalue weighted by Gasteiger charge is 2.14. The van der Waals surface area contributed by atoms with Gasteiger partial charge in [-0.1, -0.05) is 30.3 Å². The van der Waals surface area contributed by atoms with Gasteiger partial charge in [0.1, 0.15) is 11.9 Å². The molecule has 1 aromatic carbocycles. The molecule has 5 heteroatoms. The molecule has 0 aliphatic rings. The molecule has 1 unspecified atom stereocenters. The number of rotatable bonds is 5. The minimum Gasteiger partial charge on any atom is -0.496 e. The first-order valence-corrected chi connectivity index (χ1v) is 5.87. The molecule has 2 aromatic rings. The molecule has 0 fully saturated rings. The first kappa shape index (κ1) is 12.6. The van der Waals surface area contributed by atoms with Crippen molar-refractivity contribution in [2.45, 2.75) is 25.9 Å². The molecule has 5 nitrogen and oxygen atoms in total. The van der Waals surface area contributed by atoms with Crippen molar-refractivity contribution in [3.63, 3.8) is 0 Å². The van der Waals surface area contributed by atoms with E-state index >= 15 is 0 Å². The fourth-order valence-electron chi connectivity index (χ4n) is 1.67. The summed E-state index contributed by atoms with van der Waals surface area (Å²) in [6.45, 7) is 1.86. The number of aromatic nitrogens is 2. The molecular formula is C13H16N2O3. The summed E-state index contributed by atoms with van der Waals surface area (Å²) in [4.78, 5) is 4.17. The molecule has 1 heterocycles. The van der Waals surface area contributed by atoms with E-state index in [0.29, 0.717) is 24.6 Å². The molecule has 0 saturated carbocycles. The molecule has 0 saturated heterocycles. The maximum Gasteiger partial charge on any atom is 0.231 e. The Balaban J connectivity index is 2.16. The van der Waals surface area contributed by atoms with Crippen molar-refractivity contribution in [3.8, 4) is 5.75 Å². The van der Waals surface area contributed by atoms with Gasteiger partial charge in [-0.05, 0) is 12.5 Å². The lowest BCUT2D eigenvalue weighted by Crippen LogP contribution is -1.98. The Kier molecular flexibility index (Phi) is 3.94. The Morgan fingerprint density at radius 3 is 2.89 bits per heavy atom. The van der Waals surface area contributed by atoms with E-state index in [4.69, 9.17) is 9.26 Å². The molecule has 0 spiro atoms. The number of hydrogen-bond acceptors (Lipinski definition) is 5. The van der Waals surface area contributed by atoms with Gasteiger partial charge in [-0.15, -0.1) is 0 Å². The van der Waals surface area contributed by atoms with Crippen LogP contribution in [-0.2, 0) is 6.42 Å². The van der Waals surface area contributed by atoms with E-state index in [1.807, 2.05) is 31.2 Å². The van der Waals surface area contributed by atoms with Gasteiger partial charge in [-0.2, -0.15) is 4.98 Å². The van der Waals surface area contributed by atoms with Crippen LogP contribution in [-0.4, -0.2) is 22.4 Å². The lowest BCUT2D eigenvalue weighted by atomic mass is 10.1. The van der Waals surface area contributed by atoms with Gasteiger partial charge in [-0.25, -0.2) is 0 Å². The van der Waals surface area contributed by atoms with Crippen molar-refractivity contribution in [2.24, 2.45) is 0 Å². The van der Waals surface area contributed by atoms with Crippen LogP contribution in [0.4, 0.5) is 0 Å². The third kappa shape index (κ3) is 2.68. The van der Waals surface area contributed by atoms with Gasteiger partial charge in [0.25, 0.3) is 0 Å². The average Bonchev–Trinajstić information content (AvgIpc) is 2.87. The number of para-hydroxylation sites is 1. The highest BCUT2D eigenvalue weighted by molar-refractivity contribution is 5.34. The Hall–Kier alpha value is -1.88. The minimum atomic E-state index is -0.667. The van der Waals surface area contributed by atoms with Gasteiger partial charge in [0.2, 0.25) is 5.89 Å². The number of aliphatic hydroxyl groups excluding tert-OH is 1. The van der Waals surface area contributed by atoms with E-state index < -0.39 is 6.10 Å². The normalized spacial score (nSPS) is 12.4. The third-order valence-corrected chi connectivity index (χ3v) is 2.70. The summed E-state index contributed by atoms with van der Waals surface area (Å²) in [6, 6.07) is 7.66. The largest absolute Gasteiger partial charge is 0.496 e. The molecule has 96 valence electrons. The number of hydrogen-bond donors (Lipinski definition) is 1. The van der Waals surface area contributed by atoms with Crippen molar-refractivity contribution < 1.29 is 14.4 Å². The summed E-state index contributed by atoms with van der Waals surface area (Å²) in [5, 5.41) is 13.4. The number of benzene rings is 1. The monoisotopic (exact) mass is 248 g/mol. The summed E-state index contributed by atoms with van der Waals surface area (Å²) >= 11 is 0. The van der Waals surface area contributed by atoms with Crippen LogP contribution in [0.25, 0.3) is 0 Å². The summed E-state index contributed by atoms with van der Waals surface area (Å²) in [5.74, 6) is 1.60. The van der Waals surface area contributed by atoms with Gasteiger partial charge in [0.05, 0.1) is 13.5 Å². The topological polar surface area (TPSA) is 68.4 Å². The van der Waals surface area contributed by atoms with Crippen molar-refractivity contribution in [3.05, 3.63) is 41.5 Å². The van der Waals surface area contributed by atoms with Crippen LogP contribution < -0.4 is 4.74 Å². The molecule has 0 aliphatic heterocycles. The summed E-state index contributed by atoms with van der Waals surface area (Å²) in [5.41, 5.74) is 0.973. The Labute approximate surface area is 105 Å². The van der Waals surface area contributed by atoms with Gasteiger partial charge in [-0.3, -0.25) is 0 Å². The molecule has 0 radical (unpaired) electrons. The van der Waals surface area contributed by atoms with Crippen LogP contribution in [0.5, 0.6) is 5.75 Å². The van der Waals surface area contributed by atoms with Crippen LogP contribution in [0, 0.1) is 0 Å². The number of methoxy groups -OCH3 is 1. The lowest BCUT2D eigenvalue weighted by Gasteiger charge is -2.05. The smallest absolute Gasteiger partial charge is 0.231 e. The predicted octanol–water partition coefficient (Wildman–Crippen LogP) is 2.11. The van der Waals surface area contributed by atoms with Gasteiger partial charge in [0.15, 0.2) is 5.82 Å². The molecule has 1 aromatic heterocycles. The Morgan fingerprint density at radius 1 is 1.39 bits per heavy atom. The Morgan fingerprint density at radius 2 is 2.17 bits per heavy atom. The molecule has 1 N–H and O–H groups in total. The van der Waals surface area contributed by atoms with E-state index in [-0.39, 0.29) is 0 Å². The average molecular weight is 248 g/mol. The van der Waals surface area contributed by atoms with E-state index in [1.165, 1.54) is 0 Å². The zero-order valence-corrected chi connectivity index (χ0v) is 10.5. The standard InChI is InChI=1S/C13H16N2O3/c1-3-10(16)13-14-12(18-15-13)8-9-6-4-5-7-11(9)17-2/h4-7,10,16H,3,8H2,1-2H3. The highest BCUT2D eigenvalue weighted by Crippen LogP contribution is 2.21. The molecule has 0 bridgehead atoms. The van der Waals surface area contributed by atoms with E-state index in [0.717, 1.165) is 11.3 Å². The quantitative estimate of drug-likeness (QED) is 0.877. The van der Waals surface area contributed by atoms with Crippen molar-refractivity contribution in [1.82, 2.24) is 10.1 Å². The Bertz CT molecular complexity index is 510. The maximum atomic E-state index is 9.60. The second-order valence-electron chi connectivity index (χ2n) is 3.96.